The van der Waals surface area contributed by atoms with E-state index in [-0.39, 0.29) is 109 Å². The minimum Gasteiger partial charge on any atom is -0.652 e. The van der Waals surface area contributed by atoms with Crippen LogP contribution in [0, 0.1) is 0 Å². The Morgan fingerprint density at radius 1 is 1.15 bits per heavy atom. The Morgan fingerprint density at radius 3 is 1.54 bits per heavy atom. The van der Waals surface area contributed by atoms with Crippen LogP contribution < -0.4 is 113 Å². The molecule has 0 aromatic carbocycles. The second-order valence-corrected chi connectivity index (χ2v) is 1.41. The summed E-state index contributed by atoms with van der Waals surface area (Å²) in [7, 11) is 0. The fraction of sp³-hybridized carbons (Fsp3) is 0.667. The largest absolute Gasteiger partial charge is 1.00 e. The monoisotopic (exact) mass is 240 g/mol. The van der Waals surface area contributed by atoms with Crippen molar-refractivity contribution in [3.05, 3.63) is 0 Å². The minimum absolute atomic E-state index is 0. The Bertz CT molecular complexity index is 124. The van der Waals surface area contributed by atoms with Crippen LogP contribution in [0.3, 0.4) is 0 Å². The first-order valence-corrected chi connectivity index (χ1v) is 3.08. The molecule has 0 radical (unpaired) electrons. The van der Waals surface area contributed by atoms with Gasteiger partial charge in [0.2, 0.25) is 0 Å². The number of rotatable bonds is 2. The molecule has 0 rings (SSSR count). The van der Waals surface area contributed by atoms with Gasteiger partial charge in [-0.15, -0.1) is 0 Å². The summed E-state index contributed by atoms with van der Waals surface area (Å²) < 4.78 is 4.55. The molecular formula is C6H10K2O5. The Labute approximate surface area is 162 Å². The van der Waals surface area contributed by atoms with Gasteiger partial charge in [0.1, 0.15) is 0 Å². The van der Waals surface area contributed by atoms with E-state index in [4.69, 9.17) is 15.0 Å². The van der Waals surface area contributed by atoms with E-state index in [1.807, 2.05) is 0 Å². The topological polar surface area (TPSA) is 89.5 Å². The molecular weight excluding hydrogens is 230 g/mol. The van der Waals surface area contributed by atoms with Crippen molar-refractivity contribution in [2.24, 2.45) is 0 Å². The fourth-order valence-electron chi connectivity index (χ4n) is 0.263. The Hall–Kier alpha value is 2.01. The van der Waals surface area contributed by atoms with E-state index < -0.39 is 6.16 Å². The van der Waals surface area contributed by atoms with Crippen molar-refractivity contribution < 1.29 is 127 Å². The molecule has 0 amide bonds. The zero-order valence-electron chi connectivity index (χ0n) is 8.46. The third-order valence-corrected chi connectivity index (χ3v) is 0.594. The first-order valence-electron chi connectivity index (χ1n) is 3.08. The molecule has 0 aromatic rings. The first-order chi connectivity index (χ1) is 5.04. The SMILES string of the molecule is CCOC(=O)CC.O=C([O-])[O-].[K+].[K+]. The normalized spacial score (nSPS) is 6.31. The Kier molecular flexibility index (Phi) is 36.6. The first kappa shape index (κ1) is 24.3. The van der Waals surface area contributed by atoms with Crippen molar-refractivity contribution in [2.75, 3.05) is 6.61 Å². The van der Waals surface area contributed by atoms with Crippen LogP contribution in [0.2, 0.25) is 0 Å². The van der Waals surface area contributed by atoms with E-state index in [1.165, 1.54) is 0 Å². The summed E-state index contributed by atoms with van der Waals surface area (Å²) in [6.07, 6.45) is -1.85. The molecule has 0 N–H and O–H groups in total. The molecule has 0 aliphatic heterocycles. The molecule has 7 heteroatoms. The molecule has 0 aliphatic carbocycles. The van der Waals surface area contributed by atoms with Gasteiger partial charge in [0.15, 0.2) is 0 Å². The van der Waals surface area contributed by atoms with Crippen molar-refractivity contribution in [1.29, 1.82) is 0 Å². The predicted molar refractivity (Wildman–Crippen MR) is 32.3 cm³/mol. The van der Waals surface area contributed by atoms with Gasteiger partial charge in [0.05, 0.1) is 6.61 Å². The third-order valence-electron chi connectivity index (χ3n) is 0.594. The van der Waals surface area contributed by atoms with Gasteiger partial charge in [-0.2, -0.15) is 0 Å². The summed E-state index contributed by atoms with van der Waals surface area (Å²) in [6.45, 7) is 4.07. The Morgan fingerprint density at radius 2 is 1.46 bits per heavy atom. The average Bonchev–Trinajstić information content (AvgIpc) is 1.87. The van der Waals surface area contributed by atoms with Crippen molar-refractivity contribution in [3.8, 4) is 0 Å². The van der Waals surface area contributed by atoms with Gasteiger partial charge in [0.25, 0.3) is 0 Å². The summed E-state index contributed by atoms with van der Waals surface area (Å²) in [5.41, 5.74) is 0. The summed E-state index contributed by atoms with van der Waals surface area (Å²) in [6, 6.07) is 0. The molecule has 0 heterocycles. The van der Waals surface area contributed by atoms with Gasteiger partial charge >= 0.3 is 109 Å². The standard InChI is InChI=1S/C5H10O2.CH2O3.2K/c1-3-5(6)7-4-2;2-1(3)4;;/h3-4H2,1-2H3;(H2,2,3,4);;/q;;2*+1/p-2. The van der Waals surface area contributed by atoms with E-state index in [0.717, 1.165) is 0 Å². The van der Waals surface area contributed by atoms with Gasteiger partial charge in [-0.05, 0) is 13.1 Å². The number of carboxylic acid groups (broad SMARTS) is 2. The van der Waals surface area contributed by atoms with E-state index in [1.54, 1.807) is 13.8 Å². The number of hydrogen-bond acceptors (Lipinski definition) is 5. The molecule has 0 fully saturated rings. The number of hydrogen-bond donors (Lipinski definition) is 0. The van der Waals surface area contributed by atoms with Gasteiger partial charge in [-0.3, -0.25) is 4.79 Å². The molecule has 0 aromatic heterocycles. The smallest absolute Gasteiger partial charge is 0.652 e. The van der Waals surface area contributed by atoms with Crippen LogP contribution >= 0.6 is 0 Å². The van der Waals surface area contributed by atoms with Crippen LogP contribution in [0.5, 0.6) is 0 Å². The van der Waals surface area contributed by atoms with E-state index in [0.29, 0.717) is 13.0 Å². The maximum atomic E-state index is 10.2. The second kappa shape index (κ2) is 19.6. The summed E-state index contributed by atoms with van der Waals surface area (Å²) >= 11 is 0. The van der Waals surface area contributed by atoms with Crippen LogP contribution in [0.15, 0.2) is 0 Å². The molecule has 0 saturated heterocycles. The fourth-order valence-corrected chi connectivity index (χ4v) is 0.263. The molecule has 0 aliphatic rings. The number of esters is 1. The molecule has 0 atom stereocenters. The summed E-state index contributed by atoms with van der Waals surface area (Å²) in [5.74, 6) is -0.123. The van der Waals surface area contributed by atoms with Gasteiger partial charge in [-0.1, -0.05) is 6.92 Å². The number of carbonyl (C=O) groups is 2. The van der Waals surface area contributed by atoms with Crippen molar-refractivity contribution in [1.82, 2.24) is 0 Å². The van der Waals surface area contributed by atoms with Crippen LogP contribution in [-0.2, 0) is 9.53 Å². The van der Waals surface area contributed by atoms with Gasteiger partial charge in [-0.25, -0.2) is 0 Å². The van der Waals surface area contributed by atoms with Crippen molar-refractivity contribution in [2.45, 2.75) is 20.3 Å². The second-order valence-electron chi connectivity index (χ2n) is 1.41. The van der Waals surface area contributed by atoms with Crippen LogP contribution in [-0.4, -0.2) is 18.7 Å². The summed E-state index contributed by atoms with van der Waals surface area (Å²) in [4.78, 5) is 18.5. The zero-order chi connectivity index (χ0) is 9.28. The maximum Gasteiger partial charge on any atom is 1.00 e. The van der Waals surface area contributed by atoms with E-state index in [2.05, 4.69) is 4.74 Å². The van der Waals surface area contributed by atoms with Crippen LogP contribution in [0.1, 0.15) is 20.3 Å². The molecule has 0 spiro atoms. The van der Waals surface area contributed by atoms with Crippen molar-refractivity contribution in [3.63, 3.8) is 0 Å². The quantitative estimate of drug-likeness (QED) is 0.353. The molecule has 13 heavy (non-hydrogen) atoms. The predicted octanol–water partition coefficient (Wildman–Crippen LogP) is -7.48. The third kappa shape index (κ3) is 41.1. The summed E-state index contributed by atoms with van der Waals surface area (Å²) in [5, 5.41) is 16.7. The van der Waals surface area contributed by atoms with Crippen LogP contribution in [0.4, 0.5) is 4.79 Å². The Balaban J connectivity index is -0.0000000600. The average molecular weight is 240 g/mol. The zero-order valence-corrected chi connectivity index (χ0v) is 14.7. The molecule has 66 valence electrons. The number of ether oxygens (including phenoxy) is 1. The maximum absolute atomic E-state index is 10.2. The number of carbonyl (C=O) groups excluding carboxylic acids is 2. The van der Waals surface area contributed by atoms with Gasteiger partial charge in [0, 0.05) is 6.42 Å². The molecule has 0 bridgehead atoms. The van der Waals surface area contributed by atoms with E-state index in [9.17, 15) is 4.79 Å². The van der Waals surface area contributed by atoms with Crippen molar-refractivity contribution >= 4 is 12.1 Å². The molecule has 0 unspecified atom stereocenters. The van der Waals surface area contributed by atoms with Gasteiger partial charge < -0.3 is 19.7 Å². The molecule has 5 nitrogen and oxygen atoms in total. The van der Waals surface area contributed by atoms with Crippen LogP contribution in [0.25, 0.3) is 0 Å². The minimum atomic E-state index is -2.33. The van der Waals surface area contributed by atoms with E-state index >= 15 is 0 Å². The molecule has 0 saturated carbocycles.